The van der Waals surface area contributed by atoms with Crippen LogP contribution in [-0.4, -0.2) is 52.1 Å². The van der Waals surface area contributed by atoms with Crippen LogP contribution >= 0.6 is 11.8 Å². The molecule has 5 nitrogen and oxygen atoms in total. The molecule has 114 valence electrons. The fourth-order valence-electron chi connectivity index (χ4n) is 3.23. The number of hydrogen-bond acceptors (Lipinski definition) is 4. The van der Waals surface area contributed by atoms with Gasteiger partial charge in [0.15, 0.2) is 0 Å². The molecule has 0 aliphatic carbocycles. The number of nitrogens with one attached hydrogen (secondary N) is 1. The first-order valence-electron chi connectivity index (χ1n) is 7.32. The summed E-state index contributed by atoms with van der Waals surface area (Å²) in [5.41, 5.74) is -0.438. The van der Waals surface area contributed by atoms with Crippen molar-refractivity contribution >= 4 is 23.6 Å². The van der Waals surface area contributed by atoms with Crippen LogP contribution in [-0.2, 0) is 9.59 Å². The van der Waals surface area contributed by atoms with E-state index >= 15 is 0 Å². The van der Waals surface area contributed by atoms with Crippen LogP contribution in [0.1, 0.15) is 33.6 Å². The number of carboxylic acids is 1. The molecule has 2 fully saturated rings. The molecule has 3 atom stereocenters. The first kappa shape index (κ1) is 15.6. The van der Waals surface area contributed by atoms with Crippen LogP contribution in [0.5, 0.6) is 0 Å². The summed E-state index contributed by atoms with van der Waals surface area (Å²) in [4.78, 5) is 26.2. The number of amides is 1. The molecule has 0 radical (unpaired) electrons. The van der Waals surface area contributed by atoms with Crippen LogP contribution in [0, 0.1) is 11.3 Å². The van der Waals surface area contributed by atoms with Gasteiger partial charge in [0.2, 0.25) is 5.91 Å². The molecule has 1 amide bonds. The van der Waals surface area contributed by atoms with Crippen molar-refractivity contribution in [2.45, 2.75) is 45.0 Å². The van der Waals surface area contributed by atoms with Gasteiger partial charge in [0.05, 0.1) is 10.8 Å². The Morgan fingerprint density at radius 2 is 2.20 bits per heavy atom. The average molecular weight is 300 g/mol. The topological polar surface area (TPSA) is 69.6 Å². The number of nitrogens with zero attached hydrogens (tertiary/aromatic N) is 1. The minimum Gasteiger partial charge on any atom is -0.480 e. The van der Waals surface area contributed by atoms with Crippen molar-refractivity contribution in [3.63, 3.8) is 0 Å². The molecule has 0 aromatic heterocycles. The van der Waals surface area contributed by atoms with Gasteiger partial charge in [-0.3, -0.25) is 4.79 Å². The molecule has 2 rings (SSSR count). The predicted octanol–water partition coefficient (Wildman–Crippen LogP) is 1.39. The van der Waals surface area contributed by atoms with Gasteiger partial charge in [-0.15, -0.1) is 11.8 Å². The lowest BCUT2D eigenvalue weighted by atomic mass is 9.75. The van der Waals surface area contributed by atoms with E-state index in [1.807, 2.05) is 6.92 Å². The summed E-state index contributed by atoms with van der Waals surface area (Å²) in [6.07, 6.45) is 1.59. The van der Waals surface area contributed by atoms with Crippen molar-refractivity contribution in [3.8, 4) is 0 Å². The molecule has 0 saturated carbocycles. The summed E-state index contributed by atoms with van der Waals surface area (Å²) in [6, 6.07) is -0.673. The van der Waals surface area contributed by atoms with Crippen LogP contribution in [0.3, 0.4) is 0 Å². The van der Waals surface area contributed by atoms with Gasteiger partial charge in [0.25, 0.3) is 0 Å². The number of carbonyl (C=O) groups excluding carboxylic acids is 1. The second kappa shape index (κ2) is 5.93. The lowest BCUT2D eigenvalue weighted by Gasteiger charge is -2.38. The smallest absolute Gasteiger partial charge is 0.327 e. The third kappa shape index (κ3) is 2.44. The summed E-state index contributed by atoms with van der Waals surface area (Å²) in [5.74, 6) is -0.141. The van der Waals surface area contributed by atoms with E-state index < -0.39 is 17.4 Å². The van der Waals surface area contributed by atoms with Crippen LogP contribution in [0.15, 0.2) is 0 Å². The Morgan fingerprint density at radius 3 is 2.65 bits per heavy atom. The molecule has 0 bridgehead atoms. The third-order valence-electron chi connectivity index (χ3n) is 4.68. The number of rotatable bonds is 4. The van der Waals surface area contributed by atoms with Gasteiger partial charge in [0.1, 0.15) is 6.04 Å². The van der Waals surface area contributed by atoms with E-state index in [1.165, 1.54) is 0 Å². The maximum Gasteiger partial charge on any atom is 0.327 e. The largest absolute Gasteiger partial charge is 0.480 e. The number of carboxylic acid groups (broad SMARTS) is 1. The highest BCUT2D eigenvalue weighted by molar-refractivity contribution is 8.00. The van der Waals surface area contributed by atoms with E-state index in [2.05, 4.69) is 19.2 Å². The van der Waals surface area contributed by atoms with Crippen LogP contribution in [0.25, 0.3) is 0 Å². The third-order valence-corrected chi connectivity index (χ3v) is 6.13. The van der Waals surface area contributed by atoms with Crippen LogP contribution in [0.4, 0.5) is 0 Å². The Morgan fingerprint density at radius 1 is 1.50 bits per heavy atom. The van der Waals surface area contributed by atoms with Gasteiger partial charge in [0, 0.05) is 12.3 Å². The number of carbonyl (C=O) groups is 2. The molecule has 0 aromatic rings. The quantitative estimate of drug-likeness (QED) is 0.821. The van der Waals surface area contributed by atoms with E-state index in [0.717, 1.165) is 19.4 Å². The van der Waals surface area contributed by atoms with Gasteiger partial charge in [-0.25, -0.2) is 4.79 Å². The molecular weight excluding hydrogens is 276 g/mol. The monoisotopic (exact) mass is 300 g/mol. The molecule has 3 unspecified atom stereocenters. The second-order valence-corrected chi connectivity index (χ2v) is 7.21. The molecule has 2 heterocycles. The molecule has 2 aliphatic heterocycles. The van der Waals surface area contributed by atoms with Gasteiger partial charge in [-0.05, 0) is 25.3 Å². The standard InChI is InChI=1S/C14H24N2O3S/c1-4-11-16(10(7-20-11)12(17)18)13(19)14(9(2)3)5-6-15-8-14/h9-11,15H,4-8H2,1-3H3,(H,17,18). The molecule has 20 heavy (non-hydrogen) atoms. The average Bonchev–Trinajstić information content (AvgIpc) is 3.05. The molecule has 2 saturated heterocycles. The zero-order valence-electron chi connectivity index (χ0n) is 12.4. The van der Waals surface area contributed by atoms with Crippen molar-refractivity contribution in [1.29, 1.82) is 0 Å². The van der Waals surface area contributed by atoms with Crippen molar-refractivity contribution in [1.82, 2.24) is 10.2 Å². The summed E-state index contributed by atoms with van der Waals surface area (Å²) < 4.78 is 0. The highest BCUT2D eigenvalue weighted by atomic mass is 32.2. The fourth-order valence-corrected chi connectivity index (χ4v) is 4.58. The van der Waals surface area contributed by atoms with E-state index in [-0.39, 0.29) is 17.2 Å². The van der Waals surface area contributed by atoms with Gasteiger partial charge in [-0.1, -0.05) is 20.8 Å². The normalized spacial score (nSPS) is 33.9. The van der Waals surface area contributed by atoms with Crippen LogP contribution in [0.2, 0.25) is 0 Å². The zero-order chi connectivity index (χ0) is 14.9. The first-order chi connectivity index (χ1) is 9.44. The first-order valence-corrected chi connectivity index (χ1v) is 8.36. The maximum absolute atomic E-state index is 13.1. The molecular formula is C14H24N2O3S. The van der Waals surface area contributed by atoms with E-state index in [0.29, 0.717) is 12.3 Å². The SMILES string of the molecule is CCC1SCC(C(=O)O)N1C(=O)C1(C(C)C)CCNC1. The van der Waals surface area contributed by atoms with Crippen molar-refractivity contribution in [2.75, 3.05) is 18.8 Å². The molecule has 2 N–H and O–H groups in total. The van der Waals surface area contributed by atoms with Gasteiger partial charge >= 0.3 is 5.97 Å². The predicted molar refractivity (Wildman–Crippen MR) is 79.6 cm³/mol. The Kier molecular flexibility index (Phi) is 4.64. The molecule has 2 aliphatic rings. The van der Waals surface area contributed by atoms with Gasteiger partial charge < -0.3 is 15.3 Å². The summed E-state index contributed by atoms with van der Waals surface area (Å²) in [6.45, 7) is 7.62. The van der Waals surface area contributed by atoms with Crippen molar-refractivity contribution in [3.05, 3.63) is 0 Å². The van der Waals surface area contributed by atoms with Crippen LogP contribution < -0.4 is 5.32 Å². The lowest BCUT2D eigenvalue weighted by Crippen LogP contribution is -2.54. The Balaban J connectivity index is 2.30. The Bertz CT molecular complexity index is 394. The maximum atomic E-state index is 13.1. The summed E-state index contributed by atoms with van der Waals surface area (Å²) >= 11 is 1.59. The molecule has 6 heteroatoms. The number of hydrogen-bond donors (Lipinski definition) is 2. The minimum absolute atomic E-state index is 0.000162. The Hall–Kier alpha value is -0.750. The molecule has 0 aromatic carbocycles. The lowest BCUT2D eigenvalue weighted by molar-refractivity contribution is -0.155. The summed E-state index contributed by atoms with van der Waals surface area (Å²) in [7, 11) is 0. The highest BCUT2D eigenvalue weighted by Gasteiger charge is 2.51. The van der Waals surface area contributed by atoms with E-state index in [1.54, 1.807) is 16.7 Å². The highest BCUT2D eigenvalue weighted by Crippen LogP contribution is 2.41. The molecule has 0 spiro atoms. The van der Waals surface area contributed by atoms with Gasteiger partial charge in [-0.2, -0.15) is 0 Å². The van der Waals surface area contributed by atoms with E-state index in [4.69, 9.17) is 0 Å². The number of aliphatic carboxylic acids is 1. The zero-order valence-corrected chi connectivity index (χ0v) is 13.2. The van der Waals surface area contributed by atoms with Crippen molar-refractivity contribution < 1.29 is 14.7 Å². The van der Waals surface area contributed by atoms with E-state index in [9.17, 15) is 14.7 Å². The van der Waals surface area contributed by atoms with Crippen molar-refractivity contribution in [2.24, 2.45) is 11.3 Å². The minimum atomic E-state index is -0.883. The summed E-state index contributed by atoms with van der Waals surface area (Å²) in [5, 5.41) is 12.7. The number of thioether (sulfide) groups is 1. The second-order valence-electron chi connectivity index (χ2n) is 6.00. The fraction of sp³-hybridized carbons (Fsp3) is 0.857. The Labute approximate surface area is 124 Å².